The average Bonchev–Trinajstić information content (AvgIpc) is 2.59. The molecular formula is C6H3N2OS. The molecule has 2 aromatic rings. The number of hydrogen-bond donors (Lipinski definition) is 0. The Morgan fingerprint density at radius 2 is 2.60 bits per heavy atom. The standard InChI is InChI=1S/C6H3N2OS/c1-2-10-6(8-1)5-3-7-4-9-5/h1,3-4H. The molecule has 0 unspecified atom stereocenters. The van der Waals surface area contributed by atoms with Crippen molar-refractivity contribution in [1.29, 1.82) is 0 Å². The van der Waals surface area contributed by atoms with E-state index in [1.807, 2.05) is 0 Å². The third-order valence-electron chi connectivity index (χ3n) is 1.03. The topological polar surface area (TPSA) is 38.9 Å². The predicted octanol–water partition coefficient (Wildman–Crippen LogP) is 1.60. The molecule has 0 fully saturated rings. The molecule has 49 valence electrons. The summed E-state index contributed by atoms with van der Waals surface area (Å²) in [6, 6.07) is 0. The van der Waals surface area contributed by atoms with Gasteiger partial charge in [0.1, 0.15) is 0 Å². The van der Waals surface area contributed by atoms with Crippen molar-refractivity contribution in [2.75, 3.05) is 0 Å². The summed E-state index contributed by atoms with van der Waals surface area (Å²) in [5.74, 6) is 0.700. The number of hydrogen-bond acceptors (Lipinski definition) is 4. The molecule has 4 heteroatoms. The molecule has 2 aromatic heterocycles. The van der Waals surface area contributed by atoms with E-state index in [9.17, 15) is 0 Å². The van der Waals surface area contributed by atoms with Crippen molar-refractivity contribution in [2.24, 2.45) is 0 Å². The Morgan fingerprint density at radius 3 is 3.20 bits per heavy atom. The van der Waals surface area contributed by atoms with Crippen LogP contribution in [0.1, 0.15) is 0 Å². The van der Waals surface area contributed by atoms with Crippen molar-refractivity contribution in [3.63, 3.8) is 0 Å². The summed E-state index contributed by atoms with van der Waals surface area (Å²) in [7, 11) is 0. The van der Waals surface area contributed by atoms with Gasteiger partial charge in [-0.2, -0.15) is 0 Å². The molecule has 3 nitrogen and oxygen atoms in total. The van der Waals surface area contributed by atoms with Gasteiger partial charge in [0.2, 0.25) is 0 Å². The fourth-order valence-corrected chi connectivity index (χ4v) is 1.15. The van der Waals surface area contributed by atoms with Gasteiger partial charge in [-0.25, -0.2) is 9.97 Å². The van der Waals surface area contributed by atoms with E-state index in [0.29, 0.717) is 5.76 Å². The van der Waals surface area contributed by atoms with Gasteiger partial charge in [-0.15, -0.1) is 11.3 Å². The van der Waals surface area contributed by atoms with Crippen molar-refractivity contribution in [3.8, 4) is 10.8 Å². The lowest BCUT2D eigenvalue weighted by atomic mass is 10.5. The highest BCUT2D eigenvalue weighted by Crippen LogP contribution is 2.19. The Hall–Kier alpha value is -1.16. The summed E-state index contributed by atoms with van der Waals surface area (Å²) in [4.78, 5) is 7.75. The molecule has 2 heterocycles. The molecule has 0 aliphatic heterocycles. The normalized spacial score (nSPS) is 10.0. The Bertz CT molecular complexity index is 255. The van der Waals surface area contributed by atoms with Crippen LogP contribution in [0.4, 0.5) is 0 Å². The van der Waals surface area contributed by atoms with Crippen LogP contribution in [0.15, 0.2) is 23.2 Å². The second-order valence-electron chi connectivity index (χ2n) is 1.65. The first-order chi connectivity index (χ1) is 4.97. The molecule has 0 aliphatic carbocycles. The van der Waals surface area contributed by atoms with Crippen LogP contribution in [0.5, 0.6) is 0 Å². The maximum absolute atomic E-state index is 4.99. The van der Waals surface area contributed by atoms with Gasteiger partial charge in [-0.1, -0.05) is 0 Å². The Kier molecular flexibility index (Phi) is 1.25. The van der Waals surface area contributed by atoms with E-state index in [2.05, 4.69) is 15.3 Å². The summed E-state index contributed by atoms with van der Waals surface area (Å²) >= 11 is 1.41. The number of rotatable bonds is 1. The number of thiazole rings is 1. The van der Waals surface area contributed by atoms with Gasteiger partial charge in [0, 0.05) is 6.20 Å². The van der Waals surface area contributed by atoms with Gasteiger partial charge in [-0.3, -0.25) is 0 Å². The van der Waals surface area contributed by atoms with E-state index in [1.54, 1.807) is 12.4 Å². The molecule has 0 aliphatic rings. The quantitative estimate of drug-likeness (QED) is 0.621. The van der Waals surface area contributed by atoms with Crippen LogP contribution in [0.25, 0.3) is 10.8 Å². The van der Waals surface area contributed by atoms with Crippen LogP contribution in [0.3, 0.4) is 0 Å². The van der Waals surface area contributed by atoms with Crippen molar-refractivity contribution in [1.82, 2.24) is 9.97 Å². The molecule has 0 aromatic carbocycles. The van der Waals surface area contributed by atoms with Crippen LogP contribution in [-0.4, -0.2) is 9.97 Å². The molecule has 0 amide bonds. The van der Waals surface area contributed by atoms with E-state index in [-0.39, 0.29) is 0 Å². The van der Waals surface area contributed by atoms with Crippen molar-refractivity contribution >= 4 is 11.3 Å². The lowest BCUT2D eigenvalue weighted by Crippen LogP contribution is -1.66. The molecule has 0 bridgehead atoms. The average molecular weight is 151 g/mol. The first-order valence-corrected chi connectivity index (χ1v) is 3.49. The van der Waals surface area contributed by atoms with Gasteiger partial charge in [0.15, 0.2) is 17.2 Å². The molecule has 0 saturated carbocycles. The largest absolute Gasteiger partial charge is 0.441 e. The minimum Gasteiger partial charge on any atom is -0.441 e. The Morgan fingerprint density at radius 1 is 1.60 bits per heavy atom. The summed E-state index contributed by atoms with van der Waals surface area (Å²) in [6.07, 6.45) is 4.63. The summed E-state index contributed by atoms with van der Waals surface area (Å²) in [5, 5.41) is 3.68. The Labute approximate surface area is 61.4 Å². The second kappa shape index (κ2) is 2.22. The maximum atomic E-state index is 4.99. The molecule has 0 atom stereocenters. The highest BCUT2D eigenvalue weighted by atomic mass is 32.1. The van der Waals surface area contributed by atoms with Gasteiger partial charge in [-0.05, 0) is 0 Å². The van der Waals surface area contributed by atoms with E-state index >= 15 is 0 Å². The lowest BCUT2D eigenvalue weighted by molar-refractivity contribution is 0.571. The van der Waals surface area contributed by atoms with Gasteiger partial charge in [0.25, 0.3) is 0 Å². The molecule has 0 saturated heterocycles. The predicted molar refractivity (Wildman–Crippen MR) is 36.4 cm³/mol. The fraction of sp³-hybridized carbons (Fsp3) is 0. The molecule has 0 N–H and O–H groups in total. The van der Waals surface area contributed by atoms with Crippen molar-refractivity contribution in [3.05, 3.63) is 24.2 Å². The fourth-order valence-electron chi connectivity index (χ4n) is 0.629. The first kappa shape index (κ1) is 5.61. The van der Waals surface area contributed by atoms with Crippen LogP contribution in [0.2, 0.25) is 0 Å². The van der Waals surface area contributed by atoms with E-state index < -0.39 is 0 Å². The summed E-state index contributed by atoms with van der Waals surface area (Å²) in [6.45, 7) is 0. The van der Waals surface area contributed by atoms with Gasteiger partial charge < -0.3 is 4.42 Å². The van der Waals surface area contributed by atoms with E-state index in [1.165, 1.54) is 17.7 Å². The number of oxazole rings is 1. The van der Waals surface area contributed by atoms with Crippen molar-refractivity contribution in [2.45, 2.75) is 0 Å². The highest BCUT2D eigenvalue weighted by molar-refractivity contribution is 7.12. The minimum atomic E-state index is 0.700. The Balaban J connectivity index is 2.48. The molecule has 0 spiro atoms. The molecule has 1 radical (unpaired) electrons. The number of aromatic nitrogens is 2. The van der Waals surface area contributed by atoms with Gasteiger partial charge >= 0.3 is 0 Å². The van der Waals surface area contributed by atoms with Crippen LogP contribution in [0, 0.1) is 5.38 Å². The maximum Gasteiger partial charge on any atom is 0.182 e. The SMILES string of the molecule is [c]1cnc(-c2cnco2)s1. The lowest BCUT2D eigenvalue weighted by Gasteiger charge is -1.81. The zero-order chi connectivity index (χ0) is 6.81. The van der Waals surface area contributed by atoms with Crippen LogP contribution < -0.4 is 0 Å². The monoisotopic (exact) mass is 151 g/mol. The van der Waals surface area contributed by atoms with Crippen LogP contribution in [-0.2, 0) is 0 Å². The highest BCUT2D eigenvalue weighted by Gasteiger charge is 2.01. The minimum absolute atomic E-state index is 0.700. The van der Waals surface area contributed by atoms with E-state index in [0.717, 1.165) is 5.01 Å². The molecule has 2 rings (SSSR count). The zero-order valence-corrected chi connectivity index (χ0v) is 5.76. The summed E-state index contributed by atoms with van der Waals surface area (Å²) in [5.41, 5.74) is 0. The number of nitrogens with zero attached hydrogens (tertiary/aromatic N) is 2. The zero-order valence-electron chi connectivity index (χ0n) is 4.94. The second-order valence-corrected chi connectivity index (χ2v) is 2.48. The van der Waals surface area contributed by atoms with Crippen molar-refractivity contribution < 1.29 is 4.42 Å². The third kappa shape index (κ3) is 0.823. The van der Waals surface area contributed by atoms with Gasteiger partial charge in [0.05, 0.1) is 11.6 Å². The smallest absolute Gasteiger partial charge is 0.182 e. The van der Waals surface area contributed by atoms with Crippen LogP contribution >= 0.6 is 11.3 Å². The summed E-state index contributed by atoms with van der Waals surface area (Å²) < 4.78 is 4.99. The molecular weight excluding hydrogens is 148 g/mol. The third-order valence-corrected chi connectivity index (χ3v) is 1.76. The molecule has 10 heavy (non-hydrogen) atoms. The first-order valence-electron chi connectivity index (χ1n) is 2.67. The van der Waals surface area contributed by atoms with E-state index in [4.69, 9.17) is 4.42 Å².